The third-order valence-corrected chi connectivity index (χ3v) is 1.14. The van der Waals surface area contributed by atoms with Crippen molar-refractivity contribution in [2.75, 3.05) is 0 Å². The molecule has 0 bridgehead atoms. The van der Waals surface area contributed by atoms with Crippen LogP contribution in [0.25, 0.3) is 0 Å². The first-order chi connectivity index (χ1) is 4.22. The second-order valence-electron chi connectivity index (χ2n) is 2.29. The van der Waals surface area contributed by atoms with Crippen molar-refractivity contribution < 1.29 is 9.31 Å². The van der Waals surface area contributed by atoms with Gasteiger partial charge in [0.2, 0.25) is 0 Å². The first kappa shape index (κ1) is 6.19. The largest absolute Gasteiger partial charge is 0.373 e. The minimum Gasteiger partial charge on any atom is -0.0979 e. The maximum atomic E-state index is 4.47. The standard InChI is InChI=1S/C5H10N3O/c1-4(2)5-6-9-7-8(5)3/h4H,1-3H3/q+1. The van der Waals surface area contributed by atoms with Crippen LogP contribution in [0.3, 0.4) is 0 Å². The molecule has 0 unspecified atom stereocenters. The predicted octanol–water partition coefficient (Wildman–Crippen LogP) is 0.0175. The number of hydrogen-bond donors (Lipinski definition) is 0. The van der Waals surface area contributed by atoms with Gasteiger partial charge in [-0.15, -0.1) is 0 Å². The highest BCUT2D eigenvalue weighted by atomic mass is 16.6. The van der Waals surface area contributed by atoms with Crippen LogP contribution in [-0.4, -0.2) is 10.4 Å². The lowest BCUT2D eigenvalue weighted by Gasteiger charge is -1.87. The summed E-state index contributed by atoms with van der Waals surface area (Å²) in [4.78, 5) is 0. The van der Waals surface area contributed by atoms with Gasteiger partial charge in [-0.25, -0.2) is 0 Å². The SMILES string of the molecule is CC(C)c1non[n+]1C. The third kappa shape index (κ3) is 1.06. The highest BCUT2D eigenvalue weighted by molar-refractivity contribution is 4.75. The molecule has 0 saturated carbocycles. The van der Waals surface area contributed by atoms with E-state index >= 15 is 0 Å². The molecule has 0 fully saturated rings. The number of hydrogen-bond acceptors (Lipinski definition) is 3. The molecule has 0 aliphatic carbocycles. The Bertz CT molecular complexity index is 194. The highest BCUT2D eigenvalue weighted by Crippen LogP contribution is 2.02. The molecular formula is C5H10N3O+. The molecule has 1 aromatic heterocycles. The molecule has 1 rings (SSSR count). The second kappa shape index (κ2) is 2.13. The predicted molar refractivity (Wildman–Crippen MR) is 29.6 cm³/mol. The highest BCUT2D eigenvalue weighted by Gasteiger charge is 2.18. The number of rotatable bonds is 1. The molecule has 4 heteroatoms. The minimum absolute atomic E-state index is 0.376. The van der Waals surface area contributed by atoms with Crippen molar-refractivity contribution >= 4 is 0 Å². The molecule has 0 saturated heterocycles. The van der Waals surface area contributed by atoms with Gasteiger partial charge in [-0.3, -0.25) is 0 Å². The zero-order valence-electron chi connectivity index (χ0n) is 5.83. The Morgan fingerprint density at radius 2 is 2.22 bits per heavy atom. The molecule has 1 aromatic rings. The van der Waals surface area contributed by atoms with Gasteiger partial charge in [0.1, 0.15) is 7.05 Å². The molecule has 0 spiro atoms. The fraction of sp³-hybridized carbons (Fsp3) is 0.800. The van der Waals surface area contributed by atoms with E-state index in [-0.39, 0.29) is 0 Å². The summed E-state index contributed by atoms with van der Waals surface area (Å²) in [5.41, 5.74) is 0. The van der Waals surface area contributed by atoms with Gasteiger partial charge in [0.05, 0.1) is 5.92 Å². The maximum Gasteiger partial charge on any atom is 0.373 e. The Labute approximate surface area is 53.4 Å². The summed E-state index contributed by atoms with van der Waals surface area (Å²) in [5.74, 6) is 1.25. The van der Waals surface area contributed by atoms with Crippen LogP contribution in [0.15, 0.2) is 4.63 Å². The Morgan fingerprint density at radius 3 is 2.44 bits per heavy atom. The lowest BCUT2D eigenvalue weighted by molar-refractivity contribution is -0.747. The van der Waals surface area contributed by atoms with E-state index in [9.17, 15) is 0 Å². The Balaban J connectivity index is 2.94. The first-order valence-electron chi connectivity index (χ1n) is 2.90. The van der Waals surface area contributed by atoms with Crippen LogP contribution in [0.4, 0.5) is 0 Å². The first-order valence-corrected chi connectivity index (χ1v) is 2.90. The number of aryl methyl sites for hydroxylation is 1. The van der Waals surface area contributed by atoms with E-state index < -0.39 is 0 Å². The normalized spacial score (nSPS) is 10.7. The molecule has 0 amide bonds. The second-order valence-corrected chi connectivity index (χ2v) is 2.29. The summed E-state index contributed by atoms with van der Waals surface area (Å²) in [6.07, 6.45) is 0. The summed E-state index contributed by atoms with van der Waals surface area (Å²) in [6, 6.07) is 0. The zero-order valence-corrected chi connectivity index (χ0v) is 5.83. The van der Waals surface area contributed by atoms with Gasteiger partial charge in [-0.2, -0.15) is 0 Å². The summed E-state index contributed by atoms with van der Waals surface area (Å²) < 4.78 is 6.10. The van der Waals surface area contributed by atoms with Gasteiger partial charge in [-0.1, -0.05) is 23.2 Å². The van der Waals surface area contributed by atoms with Crippen LogP contribution in [0.1, 0.15) is 25.6 Å². The van der Waals surface area contributed by atoms with E-state index in [1.165, 1.54) is 0 Å². The topological polar surface area (TPSA) is 42.8 Å². The Hall–Kier alpha value is -0.930. The molecule has 0 aromatic carbocycles. The number of aromatic nitrogens is 3. The zero-order chi connectivity index (χ0) is 6.85. The van der Waals surface area contributed by atoms with Gasteiger partial charge in [0.15, 0.2) is 10.4 Å². The van der Waals surface area contributed by atoms with Crippen LogP contribution in [0, 0.1) is 0 Å². The summed E-state index contributed by atoms with van der Waals surface area (Å²) in [5, 5.41) is 7.26. The average Bonchev–Trinajstić information content (AvgIpc) is 2.13. The molecule has 9 heavy (non-hydrogen) atoms. The number of nitrogens with zero attached hydrogens (tertiary/aromatic N) is 3. The van der Waals surface area contributed by atoms with Crippen molar-refractivity contribution in [1.29, 1.82) is 0 Å². The van der Waals surface area contributed by atoms with E-state index in [0.717, 1.165) is 5.82 Å². The average molecular weight is 128 g/mol. The van der Waals surface area contributed by atoms with Crippen molar-refractivity contribution in [3.63, 3.8) is 0 Å². The van der Waals surface area contributed by atoms with Gasteiger partial charge >= 0.3 is 5.82 Å². The molecule has 1 heterocycles. The van der Waals surface area contributed by atoms with Crippen LogP contribution in [0.5, 0.6) is 0 Å². The summed E-state index contributed by atoms with van der Waals surface area (Å²) >= 11 is 0. The van der Waals surface area contributed by atoms with Crippen LogP contribution >= 0.6 is 0 Å². The Kier molecular flexibility index (Phi) is 1.46. The quantitative estimate of drug-likeness (QED) is 0.501. The van der Waals surface area contributed by atoms with Gasteiger partial charge < -0.3 is 0 Å². The van der Waals surface area contributed by atoms with E-state index in [1.54, 1.807) is 4.68 Å². The molecule has 0 N–H and O–H groups in total. The molecule has 50 valence electrons. The van der Waals surface area contributed by atoms with E-state index in [1.807, 2.05) is 20.9 Å². The van der Waals surface area contributed by atoms with Crippen LogP contribution in [-0.2, 0) is 7.05 Å². The van der Waals surface area contributed by atoms with Gasteiger partial charge in [0, 0.05) is 0 Å². The summed E-state index contributed by atoms with van der Waals surface area (Å²) in [7, 11) is 1.81. The monoisotopic (exact) mass is 128 g/mol. The van der Waals surface area contributed by atoms with Crippen molar-refractivity contribution in [2.24, 2.45) is 7.05 Å². The van der Waals surface area contributed by atoms with Gasteiger partial charge in [0.25, 0.3) is 0 Å². The van der Waals surface area contributed by atoms with Crippen molar-refractivity contribution in [3.05, 3.63) is 5.82 Å². The fourth-order valence-electron chi connectivity index (χ4n) is 0.695. The minimum atomic E-state index is 0.376. The maximum absolute atomic E-state index is 4.47. The van der Waals surface area contributed by atoms with E-state index in [0.29, 0.717) is 5.92 Å². The van der Waals surface area contributed by atoms with E-state index in [4.69, 9.17) is 0 Å². The lowest BCUT2D eigenvalue weighted by Crippen LogP contribution is -2.35. The molecule has 0 atom stereocenters. The van der Waals surface area contributed by atoms with Crippen molar-refractivity contribution in [2.45, 2.75) is 19.8 Å². The fourth-order valence-corrected chi connectivity index (χ4v) is 0.695. The summed E-state index contributed by atoms with van der Waals surface area (Å²) in [6.45, 7) is 4.08. The molecule has 4 nitrogen and oxygen atoms in total. The molecule has 0 aliphatic rings. The molecule has 0 aliphatic heterocycles. The van der Waals surface area contributed by atoms with Gasteiger partial charge in [-0.05, 0) is 0 Å². The smallest absolute Gasteiger partial charge is 0.0979 e. The van der Waals surface area contributed by atoms with Crippen molar-refractivity contribution in [3.8, 4) is 0 Å². The van der Waals surface area contributed by atoms with E-state index in [2.05, 4.69) is 15.1 Å². The molecule has 0 radical (unpaired) electrons. The Morgan fingerprint density at radius 1 is 1.56 bits per heavy atom. The lowest BCUT2D eigenvalue weighted by atomic mass is 10.2. The molecular weight excluding hydrogens is 118 g/mol. The van der Waals surface area contributed by atoms with Crippen LogP contribution in [0.2, 0.25) is 0 Å². The van der Waals surface area contributed by atoms with Crippen molar-refractivity contribution in [1.82, 2.24) is 10.4 Å². The van der Waals surface area contributed by atoms with Crippen LogP contribution < -0.4 is 4.68 Å². The third-order valence-electron chi connectivity index (χ3n) is 1.14.